The number of carbonyl (C=O) groups is 3. The third-order valence-corrected chi connectivity index (χ3v) is 6.55. The number of nitrogens with zero attached hydrogens (tertiary/aromatic N) is 6. The first-order valence-corrected chi connectivity index (χ1v) is 13.9. The second-order valence-corrected chi connectivity index (χ2v) is 10.4. The molecule has 4 rings (SSSR count). The Morgan fingerprint density at radius 1 is 1.02 bits per heavy atom. The summed E-state index contributed by atoms with van der Waals surface area (Å²) in [6, 6.07) is 8.67. The van der Waals surface area contributed by atoms with E-state index in [0.717, 1.165) is 11.3 Å². The molecule has 3 aromatic heterocycles. The Kier molecular flexibility index (Phi) is 12.2. The van der Waals surface area contributed by atoms with Gasteiger partial charge in [-0.15, -0.1) is 28.5 Å². The van der Waals surface area contributed by atoms with E-state index >= 15 is 0 Å². The van der Waals surface area contributed by atoms with Crippen molar-refractivity contribution in [3.05, 3.63) is 65.2 Å². The minimum atomic E-state index is -5.08. The summed E-state index contributed by atoms with van der Waals surface area (Å²) in [5.41, 5.74) is 6.52. The van der Waals surface area contributed by atoms with Crippen LogP contribution in [0.4, 0.5) is 35.9 Å². The van der Waals surface area contributed by atoms with Crippen LogP contribution in [0.25, 0.3) is 11.1 Å². The highest BCUT2D eigenvalue weighted by atomic mass is 32.1. The zero-order chi connectivity index (χ0) is 34.8. The maximum atomic E-state index is 14.3. The van der Waals surface area contributed by atoms with Gasteiger partial charge in [-0.1, -0.05) is 28.7 Å². The lowest BCUT2D eigenvalue weighted by atomic mass is 10.1. The van der Waals surface area contributed by atoms with Gasteiger partial charge < -0.3 is 20.9 Å². The first-order chi connectivity index (χ1) is 22.0. The molecule has 21 heteroatoms. The van der Waals surface area contributed by atoms with E-state index in [1.54, 1.807) is 18.2 Å². The van der Waals surface area contributed by atoms with Crippen molar-refractivity contribution >= 4 is 34.3 Å². The predicted octanol–water partition coefficient (Wildman–Crippen LogP) is 4.36. The highest BCUT2D eigenvalue weighted by Crippen LogP contribution is 2.28. The number of aliphatic carboxylic acids is 1. The number of anilines is 1. The van der Waals surface area contributed by atoms with Crippen LogP contribution in [0.15, 0.2) is 48.8 Å². The van der Waals surface area contributed by atoms with E-state index < -0.39 is 36.5 Å². The molecule has 0 aliphatic rings. The van der Waals surface area contributed by atoms with Gasteiger partial charge in [0.15, 0.2) is 5.69 Å². The monoisotopic (exact) mass is 692 g/mol. The molecule has 1 unspecified atom stereocenters. The number of pyridine rings is 1. The van der Waals surface area contributed by atoms with Crippen molar-refractivity contribution < 1.29 is 55.0 Å². The largest absolute Gasteiger partial charge is 0.573 e. The molecule has 0 bridgehead atoms. The Morgan fingerprint density at radius 3 is 2.36 bits per heavy atom. The number of carboxylic acid groups (broad SMARTS) is 1. The summed E-state index contributed by atoms with van der Waals surface area (Å²) < 4.78 is 89.0. The Morgan fingerprint density at radius 2 is 1.72 bits per heavy atom. The maximum Gasteiger partial charge on any atom is 0.573 e. The van der Waals surface area contributed by atoms with Gasteiger partial charge in [0.2, 0.25) is 11.0 Å². The molecular weight excluding hydrogens is 669 g/mol. The quantitative estimate of drug-likeness (QED) is 0.180. The van der Waals surface area contributed by atoms with Crippen molar-refractivity contribution in [2.24, 2.45) is 5.73 Å². The summed E-state index contributed by atoms with van der Waals surface area (Å²) in [4.78, 5) is 36.6. The normalized spacial score (nSPS) is 12.1. The number of rotatable bonds is 12. The molecule has 0 saturated carbocycles. The molecular formula is C26H23F7N8O5S. The second-order valence-electron chi connectivity index (χ2n) is 9.30. The Labute approximate surface area is 263 Å². The van der Waals surface area contributed by atoms with E-state index in [4.69, 9.17) is 15.6 Å². The van der Waals surface area contributed by atoms with E-state index in [2.05, 4.69) is 35.5 Å². The van der Waals surface area contributed by atoms with Gasteiger partial charge in [-0.05, 0) is 48.2 Å². The van der Waals surface area contributed by atoms with Crippen LogP contribution in [-0.4, -0.2) is 71.8 Å². The summed E-state index contributed by atoms with van der Waals surface area (Å²) >= 11 is 1.11. The highest BCUT2D eigenvalue weighted by Gasteiger charge is 2.38. The van der Waals surface area contributed by atoms with E-state index in [1.165, 1.54) is 35.3 Å². The van der Waals surface area contributed by atoms with E-state index in [-0.39, 0.29) is 42.4 Å². The lowest BCUT2D eigenvalue weighted by molar-refractivity contribution is -0.274. The Balaban J connectivity index is 0.000000771. The van der Waals surface area contributed by atoms with Gasteiger partial charge in [0.05, 0.1) is 18.3 Å². The molecule has 4 aromatic rings. The van der Waals surface area contributed by atoms with Crippen molar-refractivity contribution in [1.29, 1.82) is 0 Å². The van der Waals surface area contributed by atoms with Gasteiger partial charge in [0, 0.05) is 19.2 Å². The van der Waals surface area contributed by atoms with Crippen LogP contribution in [0.3, 0.4) is 0 Å². The number of benzene rings is 1. The number of amides is 2. The number of ether oxygens (including phenoxy) is 1. The van der Waals surface area contributed by atoms with E-state index in [0.29, 0.717) is 28.2 Å². The zero-order valence-corrected chi connectivity index (χ0v) is 24.4. The third kappa shape index (κ3) is 12.6. The lowest BCUT2D eigenvalue weighted by Crippen LogP contribution is -2.21. The van der Waals surface area contributed by atoms with Gasteiger partial charge in [-0.3, -0.25) is 19.3 Å². The highest BCUT2D eigenvalue weighted by molar-refractivity contribution is 7.15. The minimum absolute atomic E-state index is 0.00655. The number of primary amides is 1. The van der Waals surface area contributed by atoms with Crippen LogP contribution in [0, 0.1) is 0 Å². The average molecular weight is 693 g/mol. The van der Waals surface area contributed by atoms with Crippen molar-refractivity contribution in [3.63, 3.8) is 0 Å². The Hall–Kier alpha value is -5.21. The third-order valence-electron chi connectivity index (χ3n) is 5.65. The fourth-order valence-corrected chi connectivity index (χ4v) is 4.35. The number of carbonyl (C=O) groups excluding carboxylic acids is 2. The smallest absolute Gasteiger partial charge is 0.475 e. The fourth-order valence-electron chi connectivity index (χ4n) is 3.58. The number of alkyl halides is 7. The van der Waals surface area contributed by atoms with Crippen LogP contribution in [0.1, 0.15) is 34.0 Å². The maximum absolute atomic E-state index is 14.3. The summed E-state index contributed by atoms with van der Waals surface area (Å²) in [5, 5.41) is 25.7. The molecule has 0 spiro atoms. The number of carboxylic acids is 1. The molecule has 2 amide bonds. The van der Waals surface area contributed by atoms with Crippen LogP contribution in [0.5, 0.6) is 5.75 Å². The number of nitrogens with two attached hydrogens (primary N) is 1. The van der Waals surface area contributed by atoms with Gasteiger partial charge in [0.25, 0.3) is 5.91 Å². The van der Waals surface area contributed by atoms with Crippen molar-refractivity contribution in [2.75, 3.05) is 5.32 Å². The van der Waals surface area contributed by atoms with Crippen molar-refractivity contribution in [3.8, 4) is 16.9 Å². The van der Waals surface area contributed by atoms with E-state index in [1.807, 2.05) is 0 Å². The Bertz CT molecular complexity index is 1680. The van der Waals surface area contributed by atoms with Gasteiger partial charge in [-0.25, -0.2) is 9.18 Å². The first-order valence-electron chi connectivity index (χ1n) is 13.1. The SMILES string of the molecule is NC(=O)c1cn(CCC(F)CCc2nnc(NC(=O)Cc3cc(-c4cccc(OC(F)(F)F)c4)ccn3)s2)nn1.O=C(O)C(F)(F)F. The molecule has 3 heterocycles. The number of hydrogen-bond acceptors (Lipinski definition) is 10. The number of aromatic nitrogens is 6. The summed E-state index contributed by atoms with van der Waals surface area (Å²) in [6.07, 6.45) is -7.75. The number of aryl methyl sites for hydroxylation is 2. The van der Waals surface area contributed by atoms with Gasteiger partial charge in [0.1, 0.15) is 16.9 Å². The summed E-state index contributed by atoms with van der Waals surface area (Å²) in [6.45, 7) is 0.223. The molecule has 0 aliphatic heterocycles. The average Bonchev–Trinajstić information content (AvgIpc) is 3.64. The molecule has 0 aliphatic carbocycles. The van der Waals surface area contributed by atoms with Crippen LogP contribution in [-0.2, 0) is 29.0 Å². The van der Waals surface area contributed by atoms with Crippen LogP contribution in [0.2, 0.25) is 0 Å². The first kappa shape index (κ1) is 36.3. The lowest BCUT2D eigenvalue weighted by Gasteiger charge is -2.10. The molecule has 13 nitrogen and oxygen atoms in total. The van der Waals surface area contributed by atoms with Crippen LogP contribution < -0.4 is 15.8 Å². The summed E-state index contributed by atoms with van der Waals surface area (Å²) in [5.74, 6) is -4.25. The predicted molar refractivity (Wildman–Crippen MR) is 149 cm³/mol. The zero-order valence-electron chi connectivity index (χ0n) is 23.6. The second kappa shape index (κ2) is 15.9. The van der Waals surface area contributed by atoms with E-state index in [9.17, 15) is 40.3 Å². The molecule has 0 saturated heterocycles. The summed E-state index contributed by atoms with van der Waals surface area (Å²) in [7, 11) is 0. The molecule has 1 atom stereocenters. The van der Waals surface area contributed by atoms with Crippen LogP contribution >= 0.6 is 11.3 Å². The molecule has 0 fully saturated rings. The molecule has 47 heavy (non-hydrogen) atoms. The van der Waals surface area contributed by atoms with Gasteiger partial charge in [-0.2, -0.15) is 13.2 Å². The molecule has 4 N–H and O–H groups in total. The fraction of sp³-hybridized carbons (Fsp3) is 0.308. The minimum Gasteiger partial charge on any atom is -0.475 e. The van der Waals surface area contributed by atoms with Crippen molar-refractivity contribution in [2.45, 2.75) is 50.9 Å². The molecule has 1 aromatic carbocycles. The topological polar surface area (TPSA) is 188 Å². The number of halogens is 7. The van der Waals surface area contributed by atoms with Crippen molar-refractivity contribution in [1.82, 2.24) is 30.2 Å². The number of hydrogen-bond donors (Lipinski definition) is 3. The number of nitrogens with one attached hydrogen (secondary N) is 1. The molecule has 0 radical (unpaired) electrons. The molecule has 252 valence electrons. The standard InChI is InChI=1S/C24H22F4N8O3S.C2HF3O2/c25-16(7-9-36-13-19(22(29)38)32-35-36)4-5-21-33-34-23(40-21)31-20(37)12-17-10-15(6-8-30-17)14-2-1-3-18(11-14)39-24(26,27)28;3-2(4,5)1(6)7/h1-3,6,8,10-11,13,16H,4-5,7,9,12H2,(H2,29,38)(H,31,34,37);(H,6,7). The van der Waals surface area contributed by atoms with Gasteiger partial charge >= 0.3 is 18.5 Å².